The number of ether oxygens (including phenoxy) is 1. The molecule has 0 saturated heterocycles. The van der Waals surface area contributed by atoms with Gasteiger partial charge in [0.15, 0.2) is 0 Å². The van der Waals surface area contributed by atoms with E-state index in [0.717, 1.165) is 0 Å². The number of non-ortho nitro benzene ring substituents is 1. The molecule has 0 amide bonds. The third-order valence-electron chi connectivity index (χ3n) is 3.06. The molecule has 3 aromatic rings. The standard InChI is InChI=1S/C13H12N6O3/c1-8(22-10-4-2-9(3-5-10)19(20)21)11-6-7-15-13-16-12(14)17-18(11)13/h2-8H,1H3,(H2,14,17)/t8-/m1/s1. The number of nitrogen functional groups attached to an aromatic ring is 1. The Morgan fingerprint density at radius 1 is 1.32 bits per heavy atom. The minimum atomic E-state index is -0.461. The van der Waals surface area contributed by atoms with Crippen LogP contribution in [0.15, 0.2) is 36.5 Å². The molecule has 0 spiro atoms. The van der Waals surface area contributed by atoms with Crippen molar-refractivity contribution in [1.29, 1.82) is 0 Å². The molecule has 0 aliphatic carbocycles. The highest BCUT2D eigenvalue weighted by molar-refractivity contribution is 5.37. The predicted molar refractivity (Wildman–Crippen MR) is 77.3 cm³/mol. The van der Waals surface area contributed by atoms with Crippen LogP contribution in [-0.4, -0.2) is 24.5 Å². The first-order valence-electron chi connectivity index (χ1n) is 6.43. The Labute approximate surface area is 124 Å². The summed E-state index contributed by atoms with van der Waals surface area (Å²) in [5.41, 5.74) is 6.29. The summed E-state index contributed by atoms with van der Waals surface area (Å²) in [4.78, 5) is 18.2. The smallest absolute Gasteiger partial charge is 0.269 e. The molecule has 0 radical (unpaired) electrons. The summed E-state index contributed by atoms with van der Waals surface area (Å²) in [6, 6.07) is 7.61. The molecule has 0 bridgehead atoms. The molecule has 1 aromatic carbocycles. The van der Waals surface area contributed by atoms with Crippen LogP contribution in [0.5, 0.6) is 5.75 Å². The van der Waals surface area contributed by atoms with Crippen molar-refractivity contribution in [2.75, 3.05) is 5.73 Å². The van der Waals surface area contributed by atoms with Crippen molar-refractivity contribution in [3.8, 4) is 5.75 Å². The molecule has 3 rings (SSSR count). The van der Waals surface area contributed by atoms with Gasteiger partial charge in [0, 0.05) is 18.3 Å². The Balaban J connectivity index is 1.86. The van der Waals surface area contributed by atoms with Gasteiger partial charge in [-0.15, -0.1) is 5.10 Å². The molecule has 0 unspecified atom stereocenters. The van der Waals surface area contributed by atoms with Gasteiger partial charge < -0.3 is 10.5 Å². The maximum absolute atomic E-state index is 10.6. The summed E-state index contributed by atoms with van der Waals surface area (Å²) in [7, 11) is 0. The second-order valence-corrected chi connectivity index (χ2v) is 4.56. The average molecular weight is 300 g/mol. The Bertz CT molecular complexity index is 829. The number of aromatic nitrogens is 4. The van der Waals surface area contributed by atoms with Gasteiger partial charge in [-0.2, -0.15) is 9.50 Å². The Hall–Kier alpha value is -3.23. The fourth-order valence-electron chi connectivity index (χ4n) is 2.05. The highest BCUT2D eigenvalue weighted by Gasteiger charge is 2.15. The van der Waals surface area contributed by atoms with Gasteiger partial charge in [0.2, 0.25) is 5.95 Å². The van der Waals surface area contributed by atoms with Crippen molar-refractivity contribution in [3.63, 3.8) is 0 Å². The lowest BCUT2D eigenvalue weighted by Crippen LogP contribution is -2.10. The number of nitrogens with two attached hydrogens (primary N) is 1. The van der Waals surface area contributed by atoms with Crippen molar-refractivity contribution in [1.82, 2.24) is 19.6 Å². The molecule has 2 aromatic heterocycles. The lowest BCUT2D eigenvalue weighted by Gasteiger charge is -2.15. The van der Waals surface area contributed by atoms with Gasteiger partial charge in [-0.05, 0) is 25.1 Å². The highest BCUT2D eigenvalue weighted by atomic mass is 16.6. The quantitative estimate of drug-likeness (QED) is 0.575. The first-order valence-corrected chi connectivity index (χ1v) is 6.43. The van der Waals surface area contributed by atoms with E-state index in [1.807, 2.05) is 6.92 Å². The zero-order chi connectivity index (χ0) is 15.7. The van der Waals surface area contributed by atoms with Crippen LogP contribution in [0.1, 0.15) is 18.7 Å². The fourth-order valence-corrected chi connectivity index (χ4v) is 2.05. The van der Waals surface area contributed by atoms with Gasteiger partial charge in [0.05, 0.1) is 10.6 Å². The van der Waals surface area contributed by atoms with E-state index in [4.69, 9.17) is 10.5 Å². The molecule has 0 aliphatic heterocycles. The Morgan fingerprint density at radius 2 is 2.05 bits per heavy atom. The van der Waals surface area contributed by atoms with E-state index in [9.17, 15) is 10.1 Å². The number of nitro groups is 1. The van der Waals surface area contributed by atoms with Crippen LogP contribution in [0.4, 0.5) is 11.6 Å². The molecular formula is C13H12N6O3. The predicted octanol–water partition coefficient (Wildman–Crippen LogP) is 1.75. The molecule has 22 heavy (non-hydrogen) atoms. The van der Waals surface area contributed by atoms with Gasteiger partial charge in [0.1, 0.15) is 11.9 Å². The van der Waals surface area contributed by atoms with E-state index < -0.39 is 4.92 Å². The van der Waals surface area contributed by atoms with Crippen LogP contribution in [0, 0.1) is 10.1 Å². The van der Waals surface area contributed by atoms with E-state index >= 15 is 0 Å². The molecule has 112 valence electrons. The van der Waals surface area contributed by atoms with Crippen LogP contribution in [0.3, 0.4) is 0 Å². The number of hydrogen-bond donors (Lipinski definition) is 1. The highest BCUT2D eigenvalue weighted by Crippen LogP contribution is 2.23. The first-order chi connectivity index (χ1) is 10.5. The molecule has 9 nitrogen and oxygen atoms in total. The number of benzene rings is 1. The number of anilines is 1. The third-order valence-corrected chi connectivity index (χ3v) is 3.06. The van der Waals surface area contributed by atoms with E-state index in [0.29, 0.717) is 17.2 Å². The Kier molecular flexibility index (Phi) is 3.30. The SMILES string of the molecule is C[C@@H](Oc1ccc([N+](=O)[O-])cc1)c1ccnc2nc(N)nn12. The Morgan fingerprint density at radius 3 is 2.73 bits per heavy atom. The molecule has 0 fully saturated rings. The number of nitrogens with zero attached hydrogens (tertiary/aromatic N) is 5. The topological polar surface area (TPSA) is 121 Å². The van der Waals surface area contributed by atoms with Gasteiger partial charge in [0.25, 0.3) is 11.5 Å². The van der Waals surface area contributed by atoms with E-state index in [2.05, 4.69) is 15.1 Å². The van der Waals surface area contributed by atoms with Crippen molar-refractivity contribution in [3.05, 3.63) is 52.3 Å². The molecule has 0 aliphatic rings. The second-order valence-electron chi connectivity index (χ2n) is 4.56. The van der Waals surface area contributed by atoms with Gasteiger partial charge in [-0.3, -0.25) is 10.1 Å². The van der Waals surface area contributed by atoms with Crippen LogP contribution < -0.4 is 10.5 Å². The fraction of sp³-hybridized carbons (Fsp3) is 0.154. The van der Waals surface area contributed by atoms with Gasteiger partial charge in [-0.1, -0.05) is 0 Å². The van der Waals surface area contributed by atoms with Crippen LogP contribution in [0.2, 0.25) is 0 Å². The minimum Gasteiger partial charge on any atom is -0.484 e. The third kappa shape index (κ3) is 2.51. The molecular weight excluding hydrogens is 288 g/mol. The lowest BCUT2D eigenvalue weighted by atomic mass is 10.2. The summed E-state index contributed by atoms with van der Waals surface area (Å²) in [6.07, 6.45) is 1.22. The first kappa shape index (κ1) is 13.7. The van der Waals surface area contributed by atoms with Crippen molar-refractivity contribution in [2.24, 2.45) is 0 Å². The molecule has 0 saturated carbocycles. The van der Waals surface area contributed by atoms with Crippen LogP contribution in [0.25, 0.3) is 5.78 Å². The largest absolute Gasteiger partial charge is 0.484 e. The summed E-state index contributed by atoms with van der Waals surface area (Å²) in [5, 5.41) is 14.7. The van der Waals surface area contributed by atoms with Crippen LogP contribution in [-0.2, 0) is 0 Å². The molecule has 2 N–H and O–H groups in total. The average Bonchev–Trinajstić information content (AvgIpc) is 2.87. The maximum atomic E-state index is 10.6. The van der Waals surface area contributed by atoms with Crippen LogP contribution >= 0.6 is 0 Å². The monoisotopic (exact) mass is 300 g/mol. The summed E-state index contributed by atoms with van der Waals surface area (Å²) >= 11 is 0. The van der Waals surface area contributed by atoms with Crippen molar-refractivity contribution >= 4 is 17.4 Å². The van der Waals surface area contributed by atoms with Crippen molar-refractivity contribution in [2.45, 2.75) is 13.0 Å². The summed E-state index contributed by atoms with van der Waals surface area (Å²) in [5.74, 6) is 1.02. The summed E-state index contributed by atoms with van der Waals surface area (Å²) in [6.45, 7) is 1.83. The summed E-state index contributed by atoms with van der Waals surface area (Å²) < 4.78 is 7.28. The zero-order valence-electron chi connectivity index (χ0n) is 11.6. The van der Waals surface area contributed by atoms with E-state index in [1.165, 1.54) is 16.6 Å². The number of nitro benzene ring substituents is 1. The normalized spacial score (nSPS) is 12.2. The van der Waals surface area contributed by atoms with Gasteiger partial charge in [-0.25, -0.2) is 4.98 Å². The van der Waals surface area contributed by atoms with E-state index in [1.54, 1.807) is 24.4 Å². The zero-order valence-corrected chi connectivity index (χ0v) is 11.6. The number of rotatable bonds is 4. The number of hydrogen-bond acceptors (Lipinski definition) is 7. The molecule has 1 atom stereocenters. The molecule has 2 heterocycles. The second kappa shape index (κ2) is 5.28. The van der Waals surface area contributed by atoms with Gasteiger partial charge >= 0.3 is 0 Å². The molecule has 9 heteroatoms. The number of fused-ring (bicyclic) bond motifs is 1. The minimum absolute atomic E-state index is 0.00959. The van der Waals surface area contributed by atoms with E-state index in [-0.39, 0.29) is 17.7 Å². The van der Waals surface area contributed by atoms with Crippen molar-refractivity contribution < 1.29 is 9.66 Å². The lowest BCUT2D eigenvalue weighted by molar-refractivity contribution is -0.384. The maximum Gasteiger partial charge on any atom is 0.269 e.